The number of hydrogen-bond donors (Lipinski definition) is 0. The molecule has 1 aromatic rings. The van der Waals surface area contributed by atoms with Crippen LogP contribution < -0.4 is 0 Å². The third kappa shape index (κ3) is 16.0. The van der Waals surface area contributed by atoms with E-state index in [9.17, 15) is 24.0 Å². The molecule has 6 unspecified atom stereocenters. The third-order valence-corrected chi connectivity index (χ3v) is 20.7. The maximum absolute atomic E-state index is 14.6. The largest absolute Gasteiger partial charge is 0.463 e. The number of fused-ring (bicyclic) bond motifs is 5. The molecular weight excluding hydrogens is 961 g/mol. The highest BCUT2D eigenvalue weighted by molar-refractivity contribution is 6.94. The Morgan fingerprint density at radius 3 is 2.08 bits per heavy atom. The highest BCUT2D eigenvalue weighted by Gasteiger charge is 2.60. The third-order valence-electron chi connectivity index (χ3n) is 14.2. The normalized spacial score (nSPS) is 31.8. The van der Waals surface area contributed by atoms with Gasteiger partial charge in [-0.15, -0.1) is 0 Å². The van der Waals surface area contributed by atoms with E-state index in [1.165, 1.54) is 13.0 Å². The summed E-state index contributed by atoms with van der Waals surface area (Å²) in [7, 11) is -5.13. The van der Waals surface area contributed by atoms with Crippen molar-refractivity contribution in [2.24, 2.45) is 0 Å². The predicted octanol–water partition coefficient (Wildman–Crippen LogP) is 9.48. The van der Waals surface area contributed by atoms with E-state index in [1.807, 2.05) is 64.2 Å². The van der Waals surface area contributed by atoms with Crippen LogP contribution in [0.3, 0.4) is 0 Å². The lowest BCUT2D eigenvalue weighted by Crippen LogP contribution is -2.67. The average Bonchev–Trinajstić information content (AvgIpc) is 3.63. The zero-order valence-corrected chi connectivity index (χ0v) is 47.6. The van der Waals surface area contributed by atoms with Crippen molar-refractivity contribution in [3.63, 3.8) is 0 Å². The zero-order chi connectivity index (χ0) is 53.3. The van der Waals surface area contributed by atoms with Gasteiger partial charge in [-0.2, -0.15) is 0 Å². The van der Waals surface area contributed by atoms with Gasteiger partial charge in [0, 0.05) is 25.0 Å². The van der Waals surface area contributed by atoms with Crippen LogP contribution in [-0.2, 0) is 75.8 Å². The van der Waals surface area contributed by atoms with Gasteiger partial charge in [0.2, 0.25) is 0 Å². The molecule has 0 N–H and O–H groups in total. The fourth-order valence-electron chi connectivity index (χ4n) is 9.16. The molecule has 4 heterocycles. The first-order chi connectivity index (χ1) is 33.6. The van der Waals surface area contributed by atoms with Gasteiger partial charge in [-0.25, -0.2) is 9.59 Å². The molecule has 1 aromatic carbocycles. The van der Waals surface area contributed by atoms with E-state index in [4.69, 9.17) is 51.8 Å². The minimum Gasteiger partial charge on any atom is -0.463 e. The fraction of sp³-hybridized carbons (Fsp3) is 0.722. The second-order valence-corrected chi connectivity index (χ2v) is 32.4. The van der Waals surface area contributed by atoms with Gasteiger partial charge in [-0.05, 0) is 89.2 Å². The van der Waals surface area contributed by atoms with Crippen LogP contribution in [0.5, 0.6) is 0 Å². The van der Waals surface area contributed by atoms with Gasteiger partial charge >= 0.3 is 23.9 Å². The Hall–Kier alpha value is -3.60. The van der Waals surface area contributed by atoms with Crippen molar-refractivity contribution in [1.82, 2.24) is 0 Å². The highest BCUT2D eigenvalue weighted by Crippen LogP contribution is 2.44. The number of Topliss-reactive ketones (excluding diaryl/α,β-unsaturated/α-hetero) is 1. The maximum Gasteiger partial charge on any atom is 0.333 e. The minimum absolute atomic E-state index is 0.254. The molecule has 4 saturated heterocycles. The number of ether oxygens (including phenoxy) is 10. The van der Waals surface area contributed by atoms with E-state index in [-0.39, 0.29) is 30.9 Å². The van der Waals surface area contributed by atoms with Gasteiger partial charge in [-0.3, -0.25) is 14.4 Å². The number of benzene rings is 1. The summed E-state index contributed by atoms with van der Waals surface area (Å²) in [5.41, 5.74) is 1.14. The molecule has 4 fully saturated rings. The Morgan fingerprint density at radius 2 is 1.46 bits per heavy atom. The zero-order valence-electron chi connectivity index (χ0n) is 45.6. The van der Waals surface area contributed by atoms with Crippen LogP contribution in [-0.4, -0.2) is 132 Å². The topological polar surface area (TPSA) is 187 Å². The quantitative estimate of drug-likeness (QED) is 0.0882. The van der Waals surface area contributed by atoms with E-state index in [2.05, 4.69) is 47.3 Å². The number of ketones is 1. The molecule has 0 aliphatic carbocycles. The Kier molecular flexibility index (Phi) is 20.8. The van der Waals surface area contributed by atoms with Gasteiger partial charge in [0.15, 0.2) is 50.8 Å². The molecule has 404 valence electrons. The van der Waals surface area contributed by atoms with E-state index < -0.39 is 131 Å². The number of carbonyl (C=O) groups is 5. The second kappa shape index (κ2) is 25.3. The average molecular weight is 1050 g/mol. The van der Waals surface area contributed by atoms with E-state index in [0.717, 1.165) is 30.0 Å². The summed E-state index contributed by atoms with van der Waals surface area (Å²) in [5.74, 6) is -4.26. The molecule has 0 radical (unpaired) electrons. The molecule has 0 saturated carbocycles. The standard InChI is InChI=1S/C54H84O16Si2/c1-16-24-37-27-22-19-23-28-39(62-35(5)55)38(56)29-30-42(57)60-32-40-45(65-43(58)31-41(71(11,12)13)36-25-20-18-21-26-36)46(66-50(59)33(3)17-2)49(70-72(14,15)53(6,7)8)52(64-40)67-48-47-44(68-54(9,10)69-47)34(4)61-51(48)63-37/h17-18,20-21,25-26,31,34,37,39-40,44-49,51-52H,16,19,22-24,27-30,32H2,1-15H3/b33-17+,41-31-/t34?,37-,39-,40?,44-,45+,46?,47?,48?,49?,51-,52-/m0/s1. The van der Waals surface area contributed by atoms with Crippen LogP contribution in [0.15, 0.2) is 48.1 Å². The van der Waals surface area contributed by atoms with E-state index in [1.54, 1.807) is 19.9 Å². The monoisotopic (exact) mass is 1040 g/mol. The van der Waals surface area contributed by atoms with Crippen molar-refractivity contribution in [3.05, 3.63) is 53.6 Å². The van der Waals surface area contributed by atoms with Gasteiger partial charge in [0.1, 0.15) is 37.1 Å². The van der Waals surface area contributed by atoms with Crippen molar-refractivity contribution in [2.75, 3.05) is 6.61 Å². The fourth-order valence-corrected chi connectivity index (χ4v) is 12.0. The van der Waals surface area contributed by atoms with E-state index >= 15 is 0 Å². The van der Waals surface area contributed by atoms with Crippen LogP contribution in [0.1, 0.15) is 133 Å². The molecule has 12 atom stereocenters. The van der Waals surface area contributed by atoms with Gasteiger partial charge in [0.25, 0.3) is 0 Å². The minimum atomic E-state index is -2.90. The van der Waals surface area contributed by atoms with Gasteiger partial charge in [-0.1, -0.05) is 103 Å². The van der Waals surface area contributed by atoms with Gasteiger partial charge in [0.05, 0.1) is 26.7 Å². The van der Waals surface area contributed by atoms with E-state index in [0.29, 0.717) is 19.3 Å². The predicted molar refractivity (Wildman–Crippen MR) is 274 cm³/mol. The lowest BCUT2D eigenvalue weighted by atomic mass is 9.96. The van der Waals surface area contributed by atoms with Crippen LogP contribution >= 0.6 is 0 Å². The van der Waals surface area contributed by atoms with Crippen LogP contribution in [0.2, 0.25) is 37.8 Å². The lowest BCUT2D eigenvalue weighted by molar-refractivity contribution is -0.360. The molecule has 0 amide bonds. The summed E-state index contributed by atoms with van der Waals surface area (Å²) in [6, 6.07) is 9.58. The second-order valence-electron chi connectivity index (χ2n) is 22.6. The number of cyclic esters (lactones) is 1. The Balaban J connectivity index is 1.71. The first-order valence-electron chi connectivity index (χ1n) is 26.0. The molecule has 0 aromatic heterocycles. The van der Waals surface area contributed by atoms with Crippen LogP contribution in [0, 0.1) is 0 Å². The number of hydrogen-bond acceptors (Lipinski definition) is 16. The molecule has 72 heavy (non-hydrogen) atoms. The SMILES string of the molecule is C/C=C(\C)C(=O)OC1C(O[Si](C)(C)C(C)(C)C)[C@@H]2OC3C4OC(C)(C)O[C@H]4C(C)O[C@H]3O[C@@H](CCC)CCCCC[C@H](OC(C)=O)C(=O)CCC(=O)OCC(O2)[C@H]1OC(=O)/C=C(/c1ccccc1)[Si](C)(C)C. The van der Waals surface area contributed by atoms with Gasteiger partial charge < -0.3 is 51.8 Å². The maximum atomic E-state index is 14.6. The number of esters is 4. The van der Waals surface area contributed by atoms with Crippen molar-refractivity contribution in [1.29, 1.82) is 0 Å². The summed E-state index contributed by atoms with van der Waals surface area (Å²) < 4.78 is 72.5. The summed E-state index contributed by atoms with van der Waals surface area (Å²) in [5, 5.41) is 0.413. The number of rotatable bonds is 11. The Labute approximate surface area is 429 Å². The molecule has 5 rings (SSSR count). The summed E-state index contributed by atoms with van der Waals surface area (Å²) in [4.78, 5) is 68.2. The van der Waals surface area contributed by atoms with Crippen molar-refractivity contribution >= 4 is 51.2 Å². The molecule has 16 nitrogen and oxygen atoms in total. The Bertz CT molecular complexity index is 2070. The summed E-state index contributed by atoms with van der Waals surface area (Å²) in [6.45, 7) is 28.3. The molecular formula is C54H84O16Si2. The molecule has 0 spiro atoms. The Morgan fingerprint density at radius 1 is 0.792 bits per heavy atom. The van der Waals surface area contributed by atoms with Crippen molar-refractivity contribution < 1.29 is 75.8 Å². The highest BCUT2D eigenvalue weighted by atomic mass is 28.4. The first kappa shape index (κ1) is 59.3. The molecule has 2 bridgehead atoms. The van der Waals surface area contributed by atoms with Crippen LogP contribution in [0.25, 0.3) is 5.20 Å². The smallest absolute Gasteiger partial charge is 0.333 e. The molecule has 18 heteroatoms. The van der Waals surface area contributed by atoms with Crippen molar-refractivity contribution in [2.45, 2.75) is 244 Å². The number of allylic oxidation sites excluding steroid dienone is 1. The summed E-state index contributed by atoms with van der Waals surface area (Å²) >= 11 is 0. The molecule has 4 aliphatic rings. The summed E-state index contributed by atoms with van der Waals surface area (Å²) in [6.07, 6.45) is -5.08. The number of carbonyl (C=O) groups excluding carboxylic acids is 5. The molecule has 4 aliphatic heterocycles. The van der Waals surface area contributed by atoms with Crippen LogP contribution in [0.4, 0.5) is 0 Å². The lowest BCUT2D eigenvalue weighted by Gasteiger charge is -2.50. The first-order valence-corrected chi connectivity index (χ1v) is 32.4. The van der Waals surface area contributed by atoms with Crippen molar-refractivity contribution in [3.8, 4) is 0 Å².